The van der Waals surface area contributed by atoms with Crippen LogP contribution >= 0.6 is 0 Å². The molecule has 0 unspecified atom stereocenters. The Morgan fingerprint density at radius 2 is 1.88 bits per heavy atom. The monoisotopic (exact) mass is 110 g/mol. The minimum Gasteiger partial charge on any atom is -0.198 e. The maximum absolute atomic E-state index is 8.47. The molecule has 1 radical (unpaired) electrons. The van der Waals surface area contributed by atoms with E-state index in [-0.39, 0.29) is 5.41 Å². The summed E-state index contributed by atoms with van der Waals surface area (Å²) >= 11 is 0. The fourth-order valence-electron chi connectivity index (χ4n) is 0.408. The van der Waals surface area contributed by atoms with Crippen molar-refractivity contribution in [3.63, 3.8) is 0 Å². The molecule has 0 aromatic heterocycles. The normalized spacial score (nSPS) is 10.8. The second kappa shape index (κ2) is 2.71. The van der Waals surface area contributed by atoms with Crippen molar-refractivity contribution in [3.8, 4) is 6.07 Å². The molecule has 0 aliphatic carbocycles. The van der Waals surface area contributed by atoms with Crippen LogP contribution in [0, 0.1) is 23.7 Å². The first-order valence-corrected chi connectivity index (χ1v) is 2.95. The van der Waals surface area contributed by atoms with Gasteiger partial charge in [-0.05, 0) is 19.8 Å². The van der Waals surface area contributed by atoms with Crippen LogP contribution in [-0.4, -0.2) is 0 Å². The molecule has 0 atom stereocenters. The number of nitriles is 1. The van der Waals surface area contributed by atoms with Gasteiger partial charge in [0, 0.05) is 0 Å². The van der Waals surface area contributed by atoms with Crippen LogP contribution in [0.4, 0.5) is 0 Å². The van der Waals surface area contributed by atoms with E-state index in [0.717, 1.165) is 12.8 Å². The Morgan fingerprint density at radius 1 is 1.50 bits per heavy atom. The van der Waals surface area contributed by atoms with E-state index < -0.39 is 0 Å². The van der Waals surface area contributed by atoms with Gasteiger partial charge in [0.2, 0.25) is 0 Å². The summed E-state index contributed by atoms with van der Waals surface area (Å²) in [6, 6.07) is 2.17. The van der Waals surface area contributed by atoms with Gasteiger partial charge in [-0.25, -0.2) is 0 Å². The van der Waals surface area contributed by atoms with Gasteiger partial charge in [0.05, 0.1) is 11.5 Å². The zero-order valence-corrected chi connectivity index (χ0v) is 5.57. The summed E-state index contributed by atoms with van der Waals surface area (Å²) < 4.78 is 0. The third-order valence-corrected chi connectivity index (χ3v) is 1.59. The predicted molar refractivity (Wildman–Crippen MR) is 34.0 cm³/mol. The van der Waals surface area contributed by atoms with Crippen LogP contribution in [0.25, 0.3) is 0 Å². The van der Waals surface area contributed by atoms with E-state index >= 15 is 0 Å². The third kappa shape index (κ3) is 1.54. The lowest BCUT2D eigenvalue weighted by Gasteiger charge is -2.14. The van der Waals surface area contributed by atoms with Gasteiger partial charge in [-0.15, -0.1) is 0 Å². The van der Waals surface area contributed by atoms with Crippen LogP contribution in [-0.2, 0) is 0 Å². The molecule has 0 saturated heterocycles. The van der Waals surface area contributed by atoms with Crippen molar-refractivity contribution in [1.29, 1.82) is 5.26 Å². The van der Waals surface area contributed by atoms with Crippen molar-refractivity contribution in [2.24, 2.45) is 5.41 Å². The van der Waals surface area contributed by atoms with Crippen LogP contribution in [0.15, 0.2) is 0 Å². The SMILES string of the molecule is [CH2]C(C#N)(CC)CC. The molecule has 0 bridgehead atoms. The fraction of sp³-hybridized carbons (Fsp3) is 0.714. The topological polar surface area (TPSA) is 23.8 Å². The number of rotatable bonds is 2. The highest BCUT2D eigenvalue weighted by Gasteiger charge is 2.17. The van der Waals surface area contributed by atoms with Gasteiger partial charge >= 0.3 is 0 Å². The zero-order valence-electron chi connectivity index (χ0n) is 5.57. The van der Waals surface area contributed by atoms with E-state index in [1.54, 1.807) is 0 Å². The van der Waals surface area contributed by atoms with Crippen LogP contribution in [0.1, 0.15) is 26.7 Å². The lowest BCUT2D eigenvalue weighted by atomic mass is 9.87. The molecule has 0 aliphatic rings. The largest absolute Gasteiger partial charge is 0.198 e. The molecule has 0 fully saturated rings. The smallest absolute Gasteiger partial charge is 0.0689 e. The second-order valence-corrected chi connectivity index (χ2v) is 2.10. The summed E-state index contributed by atoms with van der Waals surface area (Å²) in [6.45, 7) is 7.74. The minimum absolute atomic E-state index is 0.319. The standard InChI is InChI=1S/C7H12N/c1-4-7(3,5-2)6-8/h3-5H2,1-2H3. The Morgan fingerprint density at radius 3 is 1.88 bits per heavy atom. The van der Waals surface area contributed by atoms with Gasteiger partial charge in [-0.3, -0.25) is 0 Å². The van der Waals surface area contributed by atoms with Crippen molar-refractivity contribution in [2.75, 3.05) is 0 Å². The Bertz CT molecular complexity index is 95.4. The molecule has 1 heteroatoms. The molecule has 0 saturated carbocycles. The van der Waals surface area contributed by atoms with Gasteiger partial charge in [-0.2, -0.15) is 5.26 Å². The average molecular weight is 110 g/mol. The van der Waals surface area contributed by atoms with E-state index in [0.29, 0.717) is 0 Å². The van der Waals surface area contributed by atoms with Gasteiger partial charge in [0.25, 0.3) is 0 Å². The summed E-state index contributed by atoms with van der Waals surface area (Å²) in [4.78, 5) is 0. The maximum Gasteiger partial charge on any atom is 0.0689 e. The molecule has 0 heterocycles. The summed E-state index contributed by atoms with van der Waals surface area (Å²) in [5.74, 6) is 0. The van der Waals surface area contributed by atoms with E-state index in [1.807, 2.05) is 13.8 Å². The van der Waals surface area contributed by atoms with Crippen molar-refractivity contribution in [3.05, 3.63) is 6.92 Å². The molecule has 1 nitrogen and oxygen atoms in total. The van der Waals surface area contributed by atoms with Gasteiger partial charge in [0.15, 0.2) is 0 Å². The highest BCUT2D eigenvalue weighted by Crippen LogP contribution is 2.22. The minimum atomic E-state index is -0.319. The third-order valence-electron chi connectivity index (χ3n) is 1.59. The van der Waals surface area contributed by atoms with Crippen LogP contribution in [0.2, 0.25) is 0 Å². The first kappa shape index (κ1) is 7.49. The van der Waals surface area contributed by atoms with Gasteiger partial charge < -0.3 is 0 Å². The molecule has 8 heavy (non-hydrogen) atoms. The van der Waals surface area contributed by atoms with Gasteiger partial charge in [-0.1, -0.05) is 13.8 Å². The average Bonchev–Trinajstić information content (AvgIpc) is 1.87. The molecular weight excluding hydrogens is 98.1 g/mol. The summed E-state index contributed by atoms with van der Waals surface area (Å²) in [5.41, 5.74) is -0.319. The van der Waals surface area contributed by atoms with E-state index in [2.05, 4.69) is 13.0 Å². The Labute approximate surface area is 51.3 Å². The molecule has 45 valence electrons. The van der Waals surface area contributed by atoms with Crippen molar-refractivity contribution in [1.82, 2.24) is 0 Å². The van der Waals surface area contributed by atoms with Crippen LogP contribution in [0.3, 0.4) is 0 Å². The molecule has 0 aromatic carbocycles. The van der Waals surface area contributed by atoms with Gasteiger partial charge in [0.1, 0.15) is 0 Å². The van der Waals surface area contributed by atoms with Crippen molar-refractivity contribution < 1.29 is 0 Å². The molecular formula is C7H12N. The highest BCUT2D eigenvalue weighted by molar-refractivity contribution is 4.98. The lowest BCUT2D eigenvalue weighted by Crippen LogP contribution is -2.09. The van der Waals surface area contributed by atoms with Crippen LogP contribution in [0.5, 0.6) is 0 Å². The quantitative estimate of drug-likeness (QED) is 0.534. The molecule has 0 spiro atoms. The molecule has 0 N–H and O–H groups in total. The lowest BCUT2D eigenvalue weighted by molar-refractivity contribution is 0.466. The molecule has 0 rings (SSSR count). The Balaban J connectivity index is 3.83. The number of hydrogen-bond donors (Lipinski definition) is 0. The van der Waals surface area contributed by atoms with Crippen LogP contribution < -0.4 is 0 Å². The maximum atomic E-state index is 8.47. The summed E-state index contributed by atoms with van der Waals surface area (Å²) in [5, 5.41) is 8.47. The first-order chi connectivity index (χ1) is 3.68. The fourth-order valence-corrected chi connectivity index (χ4v) is 0.408. The van der Waals surface area contributed by atoms with Crippen molar-refractivity contribution >= 4 is 0 Å². The molecule has 0 aliphatic heterocycles. The van der Waals surface area contributed by atoms with E-state index in [4.69, 9.17) is 5.26 Å². The Hall–Kier alpha value is -0.510. The number of nitrogens with zero attached hydrogens (tertiary/aromatic N) is 1. The second-order valence-electron chi connectivity index (χ2n) is 2.10. The van der Waals surface area contributed by atoms with Crippen molar-refractivity contribution in [2.45, 2.75) is 26.7 Å². The first-order valence-electron chi connectivity index (χ1n) is 2.95. The van der Waals surface area contributed by atoms with E-state index in [1.165, 1.54) is 0 Å². The molecule has 0 aromatic rings. The zero-order chi connectivity index (χ0) is 6.62. The summed E-state index contributed by atoms with van der Waals surface area (Å²) in [6.07, 6.45) is 1.69. The number of hydrogen-bond acceptors (Lipinski definition) is 1. The van der Waals surface area contributed by atoms with E-state index in [9.17, 15) is 0 Å². The summed E-state index contributed by atoms with van der Waals surface area (Å²) in [7, 11) is 0. The predicted octanol–water partition coefficient (Wildman–Crippen LogP) is 2.15. The Kier molecular flexibility index (Phi) is 2.54. The molecule has 0 amide bonds. The highest BCUT2D eigenvalue weighted by atomic mass is 14.3.